The number of likely N-dealkylation sites (tertiary alicyclic amines) is 1. The molecule has 2 fully saturated rings. The molecule has 1 aliphatic heterocycles. The van der Waals surface area contributed by atoms with Gasteiger partial charge in [0.2, 0.25) is 0 Å². The Morgan fingerprint density at radius 2 is 2.18 bits per heavy atom. The molecule has 142 valence electrons. The average molecular weight is 438 g/mol. The fourth-order valence-electron chi connectivity index (χ4n) is 3.60. The summed E-state index contributed by atoms with van der Waals surface area (Å²) in [4.78, 5) is 15.3. The van der Waals surface area contributed by atoms with Crippen molar-refractivity contribution >= 4 is 27.5 Å². The Kier molecular flexibility index (Phi) is 4.97. The van der Waals surface area contributed by atoms with Gasteiger partial charge < -0.3 is 10.2 Å². The van der Waals surface area contributed by atoms with E-state index >= 15 is 0 Å². The second-order valence-electron chi connectivity index (χ2n) is 7.51. The van der Waals surface area contributed by atoms with Gasteiger partial charge in [0.25, 0.3) is 5.91 Å². The topological polar surface area (TPSA) is 74.0 Å². The quantitative estimate of drug-likeness (QED) is 0.748. The van der Waals surface area contributed by atoms with E-state index in [1.54, 1.807) is 29.1 Å². The minimum Gasteiger partial charge on any atom is -0.324 e. The van der Waals surface area contributed by atoms with Gasteiger partial charge in [-0.25, -0.2) is 0 Å². The van der Waals surface area contributed by atoms with E-state index in [-0.39, 0.29) is 5.91 Å². The van der Waals surface area contributed by atoms with Crippen LogP contribution in [0.15, 0.2) is 35.1 Å². The minimum atomic E-state index is -0.670. The van der Waals surface area contributed by atoms with Crippen LogP contribution in [0.5, 0.6) is 0 Å². The first-order chi connectivity index (χ1) is 13.5. The van der Waals surface area contributed by atoms with Gasteiger partial charge in [-0.1, -0.05) is 11.8 Å². The number of nitrogens with zero attached hydrogens (tertiary/aromatic N) is 4. The lowest BCUT2D eigenvalue weighted by atomic mass is 9.76. The molecule has 28 heavy (non-hydrogen) atoms. The molecule has 0 unspecified atom stereocenters. The Hall–Kier alpha value is -2.61. The Morgan fingerprint density at radius 3 is 2.79 bits per heavy atom. The normalized spacial score (nSPS) is 18.2. The van der Waals surface area contributed by atoms with Crippen LogP contribution in [0.25, 0.3) is 0 Å². The fraction of sp³-hybridized carbons (Fsp3) is 0.381. The van der Waals surface area contributed by atoms with E-state index < -0.39 is 5.54 Å². The third-order valence-electron chi connectivity index (χ3n) is 5.46. The molecule has 4 rings (SSSR count). The van der Waals surface area contributed by atoms with Gasteiger partial charge in [-0.3, -0.25) is 9.48 Å². The lowest BCUT2D eigenvalue weighted by molar-refractivity contribution is -0.129. The number of aromatic nitrogens is 2. The van der Waals surface area contributed by atoms with Crippen molar-refractivity contribution in [2.24, 2.45) is 5.92 Å². The molecular weight excluding hydrogens is 418 g/mol. The molecular formula is C21H20BrN5O. The van der Waals surface area contributed by atoms with Crippen LogP contribution >= 0.6 is 15.9 Å². The van der Waals surface area contributed by atoms with Crippen LogP contribution in [0, 0.1) is 29.1 Å². The zero-order chi connectivity index (χ0) is 19.7. The third kappa shape index (κ3) is 3.44. The van der Waals surface area contributed by atoms with Crippen LogP contribution in [0.3, 0.4) is 0 Å². The maximum atomic E-state index is 13.1. The summed E-state index contributed by atoms with van der Waals surface area (Å²) < 4.78 is 2.43. The van der Waals surface area contributed by atoms with Crippen molar-refractivity contribution in [2.75, 3.05) is 25.5 Å². The molecule has 0 spiro atoms. The van der Waals surface area contributed by atoms with Crippen LogP contribution in [0.1, 0.15) is 30.4 Å². The summed E-state index contributed by atoms with van der Waals surface area (Å²) in [5.41, 5.74) is 1.36. The van der Waals surface area contributed by atoms with Crippen molar-refractivity contribution in [3.8, 4) is 17.9 Å². The molecule has 0 atom stereocenters. The summed E-state index contributed by atoms with van der Waals surface area (Å²) in [7, 11) is 2.08. The third-order valence-corrected chi connectivity index (χ3v) is 6.11. The molecule has 1 amide bonds. The zero-order valence-electron chi connectivity index (χ0n) is 15.6. The van der Waals surface area contributed by atoms with Gasteiger partial charge in [0.05, 0.1) is 17.3 Å². The first-order valence-corrected chi connectivity index (χ1v) is 10.1. The largest absolute Gasteiger partial charge is 0.324 e. The molecule has 0 radical (unpaired) electrons. The van der Waals surface area contributed by atoms with Crippen LogP contribution < -0.4 is 5.32 Å². The van der Waals surface area contributed by atoms with Crippen molar-refractivity contribution in [1.29, 1.82) is 5.26 Å². The Balaban J connectivity index is 1.50. The van der Waals surface area contributed by atoms with E-state index in [4.69, 9.17) is 5.26 Å². The molecule has 2 aliphatic rings. The number of hydrogen-bond donors (Lipinski definition) is 1. The number of halogens is 1. The SMILES string of the molecule is CN1CC(C#Cc2cnn(C3(C(=O)Nc4ccc(C#N)c(Br)c4)CCC3)c2)C1. The monoisotopic (exact) mass is 437 g/mol. The molecule has 0 bridgehead atoms. The first kappa shape index (κ1) is 18.7. The summed E-state index contributed by atoms with van der Waals surface area (Å²) in [6, 6.07) is 7.27. The van der Waals surface area contributed by atoms with Gasteiger partial charge in [-0.05, 0) is 60.4 Å². The van der Waals surface area contributed by atoms with E-state index in [9.17, 15) is 4.79 Å². The predicted octanol–water partition coefficient (Wildman–Crippen LogP) is 2.95. The van der Waals surface area contributed by atoms with Gasteiger partial charge in [0, 0.05) is 35.4 Å². The van der Waals surface area contributed by atoms with Crippen LogP contribution in [0.2, 0.25) is 0 Å². The summed E-state index contributed by atoms with van der Waals surface area (Å²) in [6.45, 7) is 2.02. The number of carbonyl (C=O) groups is 1. The van der Waals surface area contributed by atoms with Crippen LogP contribution in [0.4, 0.5) is 5.69 Å². The van der Waals surface area contributed by atoms with Crippen molar-refractivity contribution in [1.82, 2.24) is 14.7 Å². The molecule has 1 aliphatic carbocycles. The zero-order valence-corrected chi connectivity index (χ0v) is 17.2. The average Bonchev–Trinajstić information content (AvgIpc) is 3.06. The van der Waals surface area contributed by atoms with Gasteiger partial charge >= 0.3 is 0 Å². The molecule has 1 saturated heterocycles. The van der Waals surface area contributed by atoms with E-state index in [2.05, 4.69) is 56.2 Å². The molecule has 1 saturated carbocycles. The number of rotatable bonds is 3. The van der Waals surface area contributed by atoms with Crippen molar-refractivity contribution in [3.63, 3.8) is 0 Å². The number of anilines is 1. The molecule has 6 nitrogen and oxygen atoms in total. The van der Waals surface area contributed by atoms with E-state index in [0.717, 1.165) is 37.9 Å². The molecule has 2 heterocycles. The number of nitrogens with one attached hydrogen (secondary N) is 1. The van der Waals surface area contributed by atoms with Gasteiger partial charge in [-0.2, -0.15) is 10.4 Å². The number of carbonyl (C=O) groups excluding carboxylic acids is 1. The predicted molar refractivity (Wildman–Crippen MR) is 109 cm³/mol. The molecule has 7 heteroatoms. The Morgan fingerprint density at radius 1 is 1.39 bits per heavy atom. The molecule has 2 aromatic rings. The minimum absolute atomic E-state index is 0.0846. The summed E-state index contributed by atoms with van der Waals surface area (Å²) in [6.07, 6.45) is 6.10. The highest BCUT2D eigenvalue weighted by atomic mass is 79.9. The first-order valence-electron chi connectivity index (χ1n) is 9.26. The van der Waals surface area contributed by atoms with E-state index in [1.807, 2.05) is 6.20 Å². The van der Waals surface area contributed by atoms with Crippen LogP contribution in [-0.2, 0) is 10.3 Å². The summed E-state index contributed by atoms with van der Waals surface area (Å²) >= 11 is 3.36. The van der Waals surface area contributed by atoms with Gasteiger partial charge in [0.15, 0.2) is 0 Å². The highest BCUT2D eigenvalue weighted by molar-refractivity contribution is 9.10. The van der Waals surface area contributed by atoms with E-state index in [1.165, 1.54) is 0 Å². The van der Waals surface area contributed by atoms with Crippen LogP contribution in [-0.4, -0.2) is 40.7 Å². The standard InChI is InChI=1S/C21H20BrN5O/c1-26-12-16(13-26)4-3-15-11-24-27(14-15)21(7-2-8-21)20(28)25-18-6-5-17(10-23)19(22)9-18/h5-6,9,11,14,16H,2,7-8,12-13H2,1H3,(H,25,28). The lowest BCUT2D eigenvalue weighted by Gasteiger charge is -2.40. The number of benzene rings is 1. The van der Waals surface area contributed by atoms with Crippen molar-refractivity contribution < 1.29 is 4.79 Å². The molecule has 1 aromatic carbocycles. The lowest BCUT2D eigenvalue weighted by Crippen LogP contribution is -2.51. The molecule has 1 N–H and O–H groups in total. The smallest absolute Gasteiger partial charge is 0.252 e. The van der Waals surface area contributed by atoms with Gasteiger partial charge in [-0.15, -0.1) is 0 Å². The Bertz CT molecular complexity index is 1020. The Labute approximate surface area is 172 Å². The number of hydrogen-bond acceptors (Lipinski definition) is 4. The summed E-state index contributed by atoms with van der Waals surface area (Å²) in [5.74, 6) is 6.80. The van der Waals surface area contributed by atoms with Crippen molar-refractivity contribution in [3.05, 3.63) is 46.2 Å². The number of nitriles is 1. The fourth-order valence-corrected chi connectivity index (χ4v) is 4.07. The second kappa shape index (κ2) is 7.43. The van der Waals surface area contributed by atoms with E-state index in [0.29, 0.717) is 21.6 Å². The molecule has 1 aromatic heterocycles. The summed E-state index contributed by atoms with van der Waals surface area (Å²) in [5, 5.41) is 16.5. The van der Waals surface area contributed by atoms with Crippen molar-refractivity contribution in [2.45, 2.75) is 24.8 Å². The van der Waals surface area contributed by atoms with Gasteiger partial charge in [0.1, 0.15) is 11.6 Å². The maximum absolute atomic E-state index is 13.1. The second-order valence-corrected chi connectivity index (χ2v) is 8.36. The maximum Gasteiger partial charge on any atom is 0.252 e. The number of amides is 1. The highest BCUT2D eigenvalue weighted by Crippen LogP contribution is 2.40. The highest BCUT2D eigenvalue weighted by Gasteiger charge is 2.46.